The van der Waals surface area contributed by atoms with Gasteiger partial charge in [-0.15, -0.1) is 0 Å². The van der Waals surface area contributed by atoms with E-state index in [1.165, 1.54) is 0 Å². The highest BCUT2D eigenvalue weighted by atomic mass is 19.1. The number of hydrogen-bond acceptors (Lipinski definition) is 3. The van der Waals surface area contributed by atoms with E-state index in [0.29, 0.717) is 18.4 Å². The highest BCUT2D eigenvalue weighted by Gasteiger charge is 2.30. The molecule has 0 aliphatic carbocycles. The second-order valence-corrected chi connectivity index (χ2v) is 4.02. The number of phenolic OH excluding ortho intramolecular Hbond substituents is 1. The van der Waals surface area contributed by atoms with E-state index in [2.05, 4.69) is 5.32 Å². The van der Waals surface area contributed by atoms with Crippen molar-refractivity contribution in [3.05, 3.63) is 29.3 Å². The fourth-order valence-electron chi connectivity index (χ4n) is 1.99. The lowest BCUT2D eigenvalue weighted by atomic mass is 10.0. The van der Waals surface area contributed by atoms with Crippen molar-refractivity contribution in [2.45, 2.75) is 24.9 Å². The van der Waals surface area contributed by atoms with Crippen LogP contribution in [0.25, 0.3) is 0 Å². The summed E-state index contributed by atoms with van der Waals surface area (Å²) in [5.74, 6) is -4.07. The summed E-state index contributed by atoms with van der Waals surface area (Å²) in [6, 6.07) is 0.932. The second-order valence-electron chi connectivity index (χ2n) is 4.02. The van der Waals surface area contributed by atoms with Gasteiger partial charge in [-0.3, -0.25) is 10.1 Å². The van der Waals surface area contributed by atoms with Crippen molar-refractivity contribution >= 4 is 5.97 Å². The van der Waals surface area contributed by atoms with Gasteiger partial charge in [0.05, 0.1) is 0 Å². The molecular formula is C11H11F2NO3. The molecule has 1 aromatic rings. The molecule has 1 aliphatic heterocycles. The number of phenols is 1. The van der Waals surface area contributed by atoms with Crippen LogP contribution in [-0.4, -0.2) is 22.2 Å². The van der Waals surface area contributed by atoms with E-state index in [9.17, 15) is 13.6 Å². The van der Waals surface area contributed by atoms with Crippen molar-refractivity contribution in [2.24, 2.45) is 0 Å². The molecule has 0 amide bonds. The Labute approximate surface area is 95.9 Å². The number of rotatable bonds is 2. The maximum absolute atomic E-state index is 13.1. The molecule has 1 saturated heterocycles. The molecule has 0 aromatic heterocycles. The summed E-state index contributed by atoms with van der Waals surface area (Å²) in [6.45, 7) is 0. The normalized spacial score (nSPS) is 23.9. The van der Waals surface area contributed by atoms with E-state index >= 15 is 0 Å². The summed E-state index contributed by atoms with van der Waals surface area (Å²) >= 11 is 0. The first-order valence-corrected chi connectivity index (χ1v) is 5.16. The minimum atomic E-state index is -1.04. The SMILES string of the molecule is O=C(O)[C@H]1CC[C@H](c2cc(F)c(O)c(F)c2)N1. The molecule has 2 atom stereocenters. The van der Waals surface area contributed by atoms with Crippen LogP contribution in [0.4, 0.5) is 8.78 Å². The molecule has 1 heterocycles. The Morgan fingerprint density at radius 3 is 2.35 bits per heavy atom. The average Bonchev–Trinajstić information content (AvgIpc) is 2.74. The zero-order valence-corrected chi connectivity index (χ0v) is 8.78. The van der Waals surface area contributed by atoms with E-state index in [4.69, 9.17) is 10.2 Å². The van der Waals surface area contributed by atoms with Crippen molar-refractivity contribution in [3.63, 3.8) is 0 Å². The van der Waals surface area contributed by atoms with Crippen LogP contribution in [0.5, 0.6) is 5.75 Å². The summed E-state index contributed by atoms with van der Waals surface area (Å²) < 4.78 is 26.2. The number of hydrogen-bond donors (Lipinski definition) is 3. The first-order valence-electron chi connectivity index (χ1n) is 5.16. The fourth-order valence-corrected chi connectivity index (χ4v) is 1.99. The maximum atomic E-state index is 13.1. The Morgan fingerprint density at radius 1 is 1.29 bits per heavy atom. The van der Waals surface area contributed by atoms with Crippen molar-refractivity contribution in [3.8, 4) is 5.75 Å². The van der Waals surface area contributed by atoms with E-state index in [1.807, 2.05) is 0 Å². The number of carboxylic acid groups (broad SMARTS) is 1. The van der Waals surface area contributed by atoms with E-state index in [-0.39, 0.29) is 0 Å². The topological polar surface area (TPSA) is 69.6 Å². The third-order valence-electron chi connectivity index (χ3n) is 2.89. The van der Waals surface area contributed by atoms with Crippen LogP contribution >= 0.6 is 0 Å². The van der Waals surface area contributed by atoms with Gasteiger partial charge >= 0.3 is 5.97 Å². The van der Waals surface area contributed by atoms with Crippen molar-refractivity contribution in [2.75, 3.05) is 0 Å². The van der Waals surface area contributed by atoms with Crippen LogP contribution in [0.1, 0.15) is 24.4 Å². The molecule has 1 fully saturated rings. The van der Waals surface area contributed by atoms with E-state index in [1.54, 1.807) is 0 Å². The van der Waals surface area contributed by atoms with E-state index < -0.39 is 35.4 Å². The van der Waals surface area contributed by atoms with Crippen molar-refractivity contribution in [1.82, 2.24) is 5.32 Å². The largest absolute Gasteiger partial charge is 0.503 e. The number of nitrogens with one attached hydrogen (secondary N) is 1. The Balaban J connectivity index is 2.22. The van der Waals surface area contributed by atoms with Gasteiger partial charge in [-0.25, -0.2) is 8.78 Å². The Hall–Kier alpha value is -1.69. The van der Waals surface area contributed by atoms with Gasteiger partial charge in [0.1, 0.15) is 6.04 Å². The zero-order valence-electron chi connectivity index (χ0n) is 8.78. The smallest absolute Gasteiger partial charge is 0.320 e. The summed E-state index contributed by atoms with van der Waals surface area (Å²) in [6.07, 6.45) is 0.894. The summed E-state index contributed by atoms with van der Waals surface area (Å²) in [4.78, 5) is 10.7. The van der Waals surface area contributed by atoms with Crippen LogP contribution in [0.2, 0.25) is 0 Å². The molecular weight excluding hydrogens is 232 g/mol. The highest BCUT2D eigenvalue weighted by molar-refractivity contribution is 5.73. The molecule has 3 N–H and O–H groups in total. The Kier molecular flexibility index (Phi) is 2.97. The van der Waals surface area contributed by atoms with Gasteiger partial charge in [0.25, 0.3) is 0 Å². The van der Waals surface area contributed by atoms with Gasteiger partial charge in [0, 0.05) is 6.04 Å². The van der Waals surface area contributed by atoms with Gasteiger partial charge in [-0.05, 0) is 30.5 Å². The summed E-state index contributed by atoms with van der Waals surface area (Å²) in [5.41, 5.74) is 0.307. The Morgan fingerprint density at radius 2 is 1.88 bits per heavy atom. The minimum Gasteiger partial charge on any atom is -0.503 e. The predicted octanol–water partition coefficient (Wildman–Crippen LogP) is 1.55. The molecule has 1 aromatic carbocycles. The molecule has 0 saturated carbocycles. The molecule has 17 heavy (non-hydrogen) atoms. The molecule has 0 bridgehead atoms. The van der Waals surface area contributed by atoms with Crippen molar-refractivity contribution < 1.29 is 23.8 Å². The lowest BCUT2D eigenvalue weighted by molar-refractivity contribution is -0.139. The quantitative estimate of drug-likeness (QED) is 0.737. The van der Waals surface area contributed by atoms with Crippen LogP contribution < -0.4 is 5.32 Å². The molecule has 92 valence electrons. The number of aliphatic carboxylic acids is 1. The monoisotopic (exact) mass is 243 g/mol. The molecule has 6 heteroatoms. The number of benzene rings is 1. The molecule has 0 unspecified atom stereocenters. The molecule has 0 spiro atoms. The first kappa shape index (κ1) is 11.8. The number of halogens is 2. The van der Waals surface area contributed by atoms with Crippen LogP contribution in [-0.2, 0) is 4.79 Å². The maximum Gasteiger partial charge on any atom is 0.320 e. The number of aromatic hydroxyl groups is 1. The van der Waals surface area contributed by atoms with Gasteiger partial charge in [-0.1, -0.05) is 0 Å². The number of carbonyl (C=O) groups is 1. The molecule has 1 aliphatic rings. The van der Waals surface area contributed by atoms with Crippen LogP contribution in [0, 0.1) is 11.6 Å². The standard InChI is InChI=1S/C11H11F2NO3/c12-6-3-5(4-7(13)10(6)15)8-1-2-9(14-8)11(16)17/h3-4,8-9,14-15H,1-2H2,(H,16,17)/t8-,9-/m1/s1. The van der Waals surface area contributed by atoms with Gasteiger partial charge < -0.3 is 10.2 Å². The van der Waals surface area contributed by atoms with Gasteiger partial charge in [0.15, 0.2) is 17.4 Å². The van der Waals surface area contributed by atoms with Crippen LogP contribution in [0.3, 0.4) is 0 Å². The third-order valence-corrected chi connectivity index (χ3v) is 2.89. The molecule has 4 nitrogen and oxygen atoms in total. The number of carboxylic acids is 1. The van der Waals surface area contributed by atoms with Crippen molar-refractivity contribution in [1.29, 1.82) is 0 Å². The summed E-state index contributed by atoms with van der Waals surface area (Å²) in [7, 11) is 0. The first-order chi connectivity index (χ1) is 7.99. The van der Waals surface area contributed by atoms with Crippen LogP contribution in [0.15, 0.2) is 12.1 Å². The van der Waals surface area contributed by atoms with Gasteiger partial charge in [-0.2, -0.15) is 0 Å². The average molecular weight is 243 g/mol. The Bertz CT molecular complexity index is 441. The molecule has 0 radical (unpaired) electrons. The lowest BCUT2D eigenvalue weighted by Gasteiger charge is -2.13. The fraction of sp³-hybridized carbons (Fsp3) is 0.364. The predicted molar refractivity (Wildman–Crippen MR) is 54.6 cm³/mol. The minimum absolute atomic E-state index is 0.307. The highest BCUT2D eigenvalue weighted by Crippen LogP contribution is 2.30. The zero-order chi connectivity index (χ0) is 12.6. The molecule has 2 rings (SSSR count). The lowest BCUT2D eigenvalue weighted by Crippen LogP contribution is -2.31. The third kappa shape index (κ3) is 2.21. The summed E-state index contributed by atoms with van der Waals surface area (Å²) in [5, 5.41) is 20.5. The van der Waals surface area contributed by atoms with Gasteiger partial charge in [0.2, 0.25) is 0 Å². The van der Waals surface area contributed by atoms with E-state index in [0.717, 1.165) is 12.1 Å². The second kappa shape index (κ2) is 4.29.